The van der Waals surface area contributed by atoms with Gasteiger partial charge in [0.05, 0.1) is 16.6 Å². The normalized spacial score (nSPS) is 17.4. The van der Waals surface area contributed by atoms with Crippen molar-refractivity contribution in [2.75, 3.05) is 0 Å². The Hall–Kier alpha value is -1.84. The molecule has 4 heteroatoms. The van der Waals surface area contributed by atoms with Gasteiger partial charge in [-0.1, -0.05) is 20.8 Å². The van der Waals surface area contributed by atoms with E-state index in [1.54, 1.807) is 12.1 Å². The molecule has 2 aromatic rings. The van der Waals surface area contributed by atoms with Gasteiger partial charge in [0.15, 0.2) is 0 Å². The summed E-state index contributed by atoms with van der Waals surface area (Å²) in [5, 5.41) is 9.19. The van der Waals surface area contributed by atoms with E-state index in [9.17, 15) is 9.90 Å². The minimum atomic E-state index is -0.891. The van der Waals surface area contributed by atoms with Gasteiger partial charge in [-0.25, -0.2) is 9.78 Å². The number of aromatic nitrogens is 2. The molecule has 0 spiro atoms. The molecule has 3 rings (SSSR count). The van der Waals surface area contributed by atoms with E-state index in [4.69, 9.17) is 4.98 Å². The molecule has 0 atom stereocenters. The lowest BCUT2D eigenvalue weighted by atomic mass is 9.95. The zero-order chi connectivity index (χ0) is 14.7. The molecular weight excluding hydrogens is 252 g/mol. The summed E-state index contributed by atoms with van der Waals surface area (Å²) >= 11 is 0. The summed E-state index contributed by atoms with van der Waals surface area (Å²) in [5.41, 5.74) is 2.17. The van der Waals surface area contributed by atoms with Crippen molar-refractivity contribution in [3.63, 3.8) is 0 Å². The van der Waals surface area contributed by atoms with Crippen molar-refractivity contribution in [2.24, 2.45) is 0 Å². The van der Waals surface area contributed by atoms with E-state index in [1.165, 1.54) is 0 Å². The van der Waals surface area contributed by atoms with E-state index in [1.807, 2.05) is 6.07 Å². The van der Waals surface area contributed by atoms with Gasteiger partial charge in [-0.15, -0.1) is 0 Å². The Morgan fingerprint density at radius 3 is 2.50 bits per heavy atom. The summed E-state index contributed by atoms with van der Waals surface area (Å²) < 4.78 is 2.26. The smallest absolute Gasteiger partial charge is 0.335 e. The number of fused-ring (bicyclic) bond motifs is 1. The number of benzene rings is 1. The minimum absolute atomic E-state index is 0.0615. The van der Waals surface area contributed by atoms with Gasteiger partial charge in [0.1, 0.15) is 5.82 Å². The molecular formula is C16H20N2O2. The lowest BCUT2D eigenvalue weighted by Crippen LogP contribution is -2.24. The fourth-order valence-corrected chi connectivity index (χ4v) is 2.66. The lowest BCUT2D eigenvalue weighted by Gasteiger charge is -2.24. The fraction of sp³-hybridized carbons (Fsp3) is 0.500. The average Bonchev–Trinajstić information content (AvgIpc) is 2.95. The molecule has 1 fully saturated rings. The molecule has 4 nitrogen and oxygen atoms in total. The monoisotopic (exact) mass is 272 g/mol. The van der Waals surface area contributed by atoms with E-state index in [-0.39, 0.29) is 11.0 Å². The third kappa shape index (κ3) is 1.90. The van der Waals surface area contributed by atoms with Gasteiger partial charge in [0, 0.05) is 11.0 Å². The molecule has 0 bridgehead atoms. The lowest BCUT2D eigenvalue weighted by molar-refractivity contribution is 0.0697. The van der Waals surface area contributed by atoms with Crippen LogP contribution in [0.25, 0.3) is 11.0 Å². The zero-order valence-electron chi connectivity index (χ0n) is 12.4. The van der Waals surface area contributed by atoms with Gasteiger partial charge in [0.25, 0.3) is 0 Å². The van der Waals surface area contributed by atoms with Crippen LogP contribution in [0.2, 0.25) is 0 Å². The van der Waals surface area contributed by atoms with Crippen LogP contribution >= 0.6 is 0 Å². The van der Waals surface area contributed by atoms with E-state index in [0.29, 0.717) is 5.56 Å². The highest BCUT2D eigenvalue weighted by Crippen LogP contribution is 2.47. The second kappa shape index (κ2) is 3.84. The highest BCUT2D eigenvalue weighted by Gasteiger charge is 2.43. The largest absolute Gasteiger partial charge is 0.478 e. The predicted molar refractivity (Wildman–Crippen MR) is 78.3 cm³/mol. The Bertz CT molecular complexity index is 703. The highest BCUT2D eigenvalue weighted by atomic mass is 16.4. The molecule has 1 saturated carbocycles. The first-order chi connectivity index (χ1) is 9.22. The first kappa shape index (κ1) is 13.2. The van der Waals surface area contributed by atoms with Crippen molar-refractivity contribution in [1.82, 2.24) is 9.55 Å². The van der Waals surface area contributed by atoms with Gasteiger partial charge < -0.3 is 9.67 Å². The summed E-state index contributed by atoms with van der Waals surface area (Å²) in [4.78, 5) is 16.0. The Kier molecular flexibility index (Phi) is 2.53. The number of hydrogen-bond donors (Lipinski definition) is 1. The maximum atomic E-state index is 11.2. The molecule has 1 N–H and O–H groups in total. The van der Waals surface area contributed by atoms with E-state index in [0.717, 1.165) is 29.7 Å². The highest BCUT2D eigenvalue weighted by molar-refractivity contribution is 5.92. The third-order valence-electron chi connectivity index (χ3n) is 4.09. The molecule has 20 heavy (non-hydrogen) atoms. The SMILES string of the molecule is CC(C)(C)c1nc2ccc(C(=O)O)cc2n1C1(C)CC1. The molecule has 1 heterocycles. The molecule has 106 valence electrons. The first-order valence-corrected chi connectivity index (χ1v) is 6.99. The quantitative estimate of drug-likeness (QED) is 0.909. The van der Waals surface area contributed by atoms with Crippen LogP contribution in [0.4, 0.5) is 0 Å². The van der Waals surface area contributed by atoms with Crippen molar-refractivity contribution in [1.29, 1.82) is 0 Å². The van der Waals surface area contributed by atoms with Gasteiger partial charge >= 0.3 is 5.97 Å². The maximum absolute atomic E-state index is 11.2. The number of hydrogen-bond acceptors (Lipinski definition) is 2. The van der Waals surface area contributed by atoms with E-state index in [2.05, 4.69) is 32.3 Å². The van der Waals surface area contributed by atoms with Gasteiger partial charge in [0.2, 0.25) is 0 Å². The second-order valence-corrected chi connectivity index (χ2v) is 7.03. The molecule has 1 aliphatic carbocycles. The van der Waals surface area contributed by atoms with Crippen LogP contribution in [-0.4, -0.2) is 20.6 Å². The van der Waals surface area contributed by atoms with Crippen molar-refractivity contribution in [2.45, 2.75) is 51.5 Å². The number of carboxylic acid groups (broad SMARTS) is 1. The van der Waals surface area contributed by atoms with Crippen molar-refractivity contribution >= 4 is 17.0 Å². The summed E-state index contributed by atoms with van der Waals surface area (Å²) in [6.45, 7) is 8.66. The summed E-state index contributed by atoms with van der Waals surface area (Å²) in [7, 11) is 0. The van der Waals surface area contributed by atoms with Crippen LogP contribution in [0.15, 0.2) is 18.2 Å². The minimum Gasteiger partial charge on any atom is -0.478 e. The standard InChI is InChI=1S/C16H20N2O2/c1-15(2,3)14-17-11-6-5-10(13(19)20)9-12(11)18(14)16(4)7-8-16/h5-6,9H,7-8H2,1-4H3,(H,19,20). The van der Waals surface area contributed by atoms with Crippen LogP contribution < -0.4 is 0 Å². The maximum Gasteiger partial charge on any atom is 0.335 e. The third-order valence-corrected chi connectivity index (χ3v) is 4.09. The average molecular weight is 272 g/mol. The fourth-order valence-electron chi connectivity index (χ4n) is 2.66. The summed E-state index contributed by atoms with van der Waals surface area (Å²) in [5.74, 6) is 0.146. The van der Waals surface area contributed by atoms with Gasteiger partial charge in [-0.2, -0.15) is 0 Å². The number of carboxylic acids is 1. The molecule has 0 saturated heterocycles. The number of carbonyl (C=O) groups is 1. The number of aromatic carboxylic acids is 1. The van der Waals surface area contributed by atoms with Crippen LogP contribution in [0.1, 0.15) is 56.7 Å². The van der Waals surface area contributed by atoms with Gasteiger partial charge in [-0.05, 0) is 38.0 Å². The van der Waals surface area contributed by atoms with Crippen molar-refractivity contribution in [3.8, 4) is 0 Å². The molecule has 1 aromatic heterocycles. The summed E-state index contributed by atoms with van der Waals surface area (Å²) in [6, 6.07) is 5.20. The number of imidazole rings is 1. The van der Waals surface area contributed by atoms with Crippen molar-refractivity contribution < 1.29 is 9.90 Å². The second-order valence-electron chi connectivity index (χ2n) is 7.03. The zero-order valence-corrected chi connectivity index (χ0v) is 12.4. The Morgan fingerprint density at radius 1 is 1.35 bits per heavy atom. The van der Waals surface area contributed by atoms with Gasteiger partial charge in [-0.3, -0.25) is 0 Å². The molecule has 0 aliphatic heterocycles. The molecule has 0 amide bonds. The Morgan fingerprint density at radius 2 is 2.00 bits per heavy atom. The van der Waals surface area contributed by atoms with Crippen LogP contribution in [0.5, 0.6) is 0 Å². The van der Waals surface area contributed by atoms with E-state index >= 15 is 0 Å². The number of rotatable bonds is 2. The van der Waals surface area contributed by atoms with E-state index < -0.39 is 5.97 Å². The molecule has 0 unspecified atom stereocenters. The van der Waals surface area contributed by atoms with Crippen molar-refractivity contribution in [3.05, 3.63) is 29.6 Å². The predicted octanol–water partition coefficient (Wildman–Crippen LogP) is 3.54. The Balaban J connectivity index is 2.33. The molecule has 0 radical (unpaired) electrons. The van der Waals surface area contributed by atoms with Crippen LogP contribution in [0.3, 0.4) is 0 Å². The molecule has 1 aliphatic rings. The van der Waals surface area contributed by atoms with Crippen LogP contribution in [-0.2, 0) is 11.0 Å². The molecule has 1 aromatic carbocycles. The first-order valence-electron chi connectivity index (χ1n) is 6.99. The van der Waals surface area contributed by atoms with Crippen LogP contribution in [0, 0.1) is 0 Å². The topological polar surface area (TPSA) is 55.1 Å². The number of nitrogens with zero attached hydrogens (tertiary/aromatic N) is 2. The Labute approximate surface area is 118 Å². The summed E-state index contributed by atoms with van der Waals surface area (Å²) in [6.07, 6.45) is 2.25.